The topological polar surface area (TPSA) is 55.6 Å². The number of carbonyl (C=O) groups is 1. The molecule has 4 heteroatoms. The minimum atomic E-state index is -0.418. The van der Waals surface area contributed by atoms with Crippen molar-refractivity contribution in [2.24, 2.45) is 5.73 Å². The highest BCUT2D eigenvalue weighted by atomic mass is 16.5. The molecule has 0 aromatic heterocycles. The van der Waals surface area contributed by atoms with E-state index in [0.717, 1.165) is 6.54 Å². The minimum Gasteiger partial charge on any atom is -0.370 e. The third-order valence-corrected chi connectivity index (χ3v) is 0.927. The lowest BCUT2D eigenvalue weighted by Gasteiger charge is -2.08. The molecule has 0 aromatic carbocycles. The molecule has 0 saturated carbocycles. The third-order valence-electron chi connectivity index (χ3n) is 0.927. The summed E-state index contributed by atoms with van der Waals surface area (Å²) in [5, 5.41) is 0. The smallest absolute Gasteiger partial charge is 0.243 e. The van der Waals surface area contributed by atoms with Gasteiger partial charge in [0.05, 0.1) is 6.61 Å². The van der Waals surface area contributed by atoms with Gasteiger partial charge in [0.1, 0.15) is 6.61 Å². The van der Waals surface area contributed by atoms with Gasteiger partial charge in [0.15, 0.2) is 0 Å². The Morgan fingerprint density at radius 2 is 2.20 bits per heavy atom. The molecule has 0 bridgehead atoms. The Labute approximate surface area is 60.9 Å². The average Bonchev–Trinajstić information content (AvgIpc) is 1.79. The van der Waals surface area contributed by atoms with Crippen molar-refractivity contribution >= 4 is 5.91 Å². The largest absolute Gasteiger partial charge is 0.370 e. The van der Waals surface area contributed by atoms with Gasteiger partial charge in [-0.05, 0) is 14.1 Å². The van der Waals surface area contributed by atoms with Crippen LogP contribution < -0.4 is 5.73 Å². The fourth-order valence-corrected chi connectivity index (χ4v) is 0.420. The lowest BCUT2D eigenvalue weighted by molar-refractivity contribution is -0.122. The van der Waals surface area contributed by atoms with Crippen molar-refractivity contribution in [3.05, 3.63) is 0 Å². The van der Waals surface area contributed by atoms with Gasteiger partial charge in [-0.15, -0.1) is 0 Å². The Morgan fingerprint density at radius 3 is 2.60 bits per heavy atom. The van der Waals surface area contributed by atoms with Crippen molar-refractivity contribution in [3.63, 3.8) is 0 Å². The van der Waals surface area contributed by atoms with Gasteiger partial charge >= 0.3 is 0 Å². The van der Waals surface area contributed by atoms with Crippen LogP contribution in [0.15, 0.2) is 0 Å². The van der Waals surface area contributed by atoms with Crippen LogP contribution in [0.2, 0.25) is 0 Å². The van der Waals surface area contributed by atoms with Crippen molar-refractivity contribution < 1.29 is 9.53 Å². The Balaban J connectivity index is 2.98. The highest BCUT2D eigenvalue weighted by Gasteiger charge is 1.93. The average molecular weight is 146 g/mol. The number of nitrogens with zero attached hydrogens (tertiary/aromatic N) is 1. The van der Waals surface area contributed by atoms with E-state index in [0.29, 0.717) is 6.61 Å². The normalized spacial score (nSPS) is 10.3. The summed E-state index contributed by atoms with van der Waals surface area (Å²) >= 11 is 0. The molecule has 10 heavy (non-hydrogen) atoms. The molecular formula is C6H14N2O2. The van der Waals surface area contributed by atoms with E-state index in [1.807, 2.05) is 19.0 Å². The number of amides is 1. The van der Waals surface area contributed by atoms with E-state index < -0.39 is 5.91 Å². The van der Waals surface area contributed by atoms with Crippen LogP contribution in [0.3, 0.4) is 0 Å². The summed E-state index contributed by atoms with van der Waals surface area (Å²) in [6.07, 6.45) is 0. The highest BCUT2D eigenvalue weighted by molar-refractivity contribution is 5.74. The van der Waals surface area contributed by atoms with Crippen molar-refractivity contribution in [3.8, 4) is 0 Å². The molecule has 0 atom stereocenters. The summed E-state index contributed by atoms with van der Waals surface area (Å²) in [6, 6.07) is 0. The van der Waals surface area contributed by atoms with Gasteiger partial charge in [-0.1, -0.05) is 0 Å². The number of ether oxygens (including phenoxy) is 1. The van der Waals surface area contributed by atoms with Crippen LogP contribution in [0.25, 0.3) is 0 Å². The first-order valence-corrected chi connectivity index (χ1v) is 3.13. The second kappa shape index (κ2) is 5.20. The van der Waals surface area contributed by atoms with Crippen LogP contribution in [0.5, 0.6) is 0 Å². The van der Waals surface area contributed by atoms with E-state index in [1.165, 1.54) is 0 Å². The maximum atomic E-state index is 10.1. The lowest BCUT2D eigenvalue weighted by atomic mass is 10.6. The third kappa shape index (κ3) is 7.39. The van der Waals surface area contributed by atoms with Gasteiger partial charge in [0, 0.05) is 6.54 Å². The summed E-state index contributed by atoms with van der Waals surface area (Å²) < 4.78 is 4.89. The molecule has 0 spiro atoms. The molecule has 0 aromatic rings. The van der Waals surface area contributed by atoms with E-state index >= 15 is 0 Å². The van der Waals surface area contributed by atoms with Crippen molar-refractivity contribution in [2.75, 3.05) is 33.9 Å². The summed E-state index contributed by atoms with van der Waals surface area (Å²) in [5.41, 5.74) is 4.83. The van der Waals surface area contributed by atoms with Gasteiger partial charge in [-0.3, -0.25) is 4.79 Å². The fourth-order valence-electron chi connectivity index (χ4n) is 0.420. The number of nitrogens with two attached hydrogens (primary N) is 1. The number of hydrogen-bond donors (Lipinski definition) is 1. The second-order valence-electron chi connectivity index (χ2n) is 2.32. The van der Waals surface area contributed by atoms with Gasteiger partial charge in [0.25, 0.3) is 0 Å². The van der Waals surface area contributed by atoms with Crippen LogP contribution in [0, 0.1) is 0 Å². The zero-order chi connectivity index (χ0) is 7.98. The Kier molecular flexibility index (Phi) is 4.88. The summed E-state index contributed by atoms with van der Waals surface area (Å²) in [4.78, 5) is 12.1. The fraction of sp³-hybridized carbons (Fsp3) is 0.833. The standard InChI is InChI=1S/C6H14N2O2/c1-8(2)3-4-10-5-6(7)9/h3-5H2,1-2H3,(H2,7,9). The first-order valence-electron chi connectivity index (χ1n) is 3.13. The number of rotatable bonds is 5. The van der Waals surface area contributed by atoms with Crippen LogP contribution in [-0.4, -0.2) is 44.7 Å². The van der Waals surface area contributed by atoms with Crippen LogP contribution in [-0.2, 0) is 9.53 Å². The lowest BCUT2D eigenvalue weighted by Crippen LogP contribution is -2.23. The van der Waals surface area contributed by atoms with Gasteiger partial charge in [-0.2, -0.15) is 0 Å². The van der Waals surface area contributed by atoms with E-state index in [2.05, 4.69) is 0 Å². The summed E-state index contributed by atoms with van der Waals surface area (Å²) in [6.45, 7) is 1.39. The first kappa shape index (κ1) is 9.39. The maximum Gasteiger partial charge on any atom is 0.243 e. The SMILES string of the molecule is CN(C)CCOCC(N)=O. The van der Waals surface area contributed by atoms with Crippen molar-refractivity contribution in [1.82, 2.24) is 4.90 Å². The highest BCUT2D eigenvalue weighted by Crippen LogP contribution is 1.76. The van der Waals surface area contributed by atoms with Crippen LogP contribution >= 0.6 is 0 Å². The summed E-state index contributed by atoms with van der Waals surface area (Å²) in [5.74, 6) is -0.418. The number of carbonyl (C=O) groups excluding carboxylic acids is 1. The van der Waals surface area contributed by atoms with E-state index in [1.54, 1.807) is 0 Å². The molecule has 0 aliphatic heterocycles. The van der Waals surface area contributed by atoms with E-state index in [9.17, 15) is 4.79 Å². The monoisotopic (exact) mass is 146 g/mol. The molecule has 2 N–H and O–H groups in total. The quantitative estimate of drug-likeness (QED) is 0.509. The molecular weight excluding hydrogens is 132 g/mol. The molecule has 0 aliphatic carbocycles. The number of primary amides is 1. The second-order valence-corrected chi connectivity index (χ2v) is 2.32. The van der Waals surface area contributed by atoms with Crippen molar-refractivity contribution in [1.29, 1.82) is 0 Å². The Bertz CT molecular complexity index is 104. The first-order chi connectivity index (χ1) is 4.63. The molecule has 0 radical (unpaired) electrons. The van der Waals surface area contributed by atoms with Gasteiger partial charge in [0.2, 0.25) is 5.91 Å². The predicted octanol–water partition coefficient (Wildman–Crippen LogP) is -0.950. The summed E-state index contributed by atoms with van der Waals surface area (Å²) in [7, 11) is 3.88. The molecule has 0 aliphatic rings. The van der Waals surface area contributed by atoms with Gasteiger partial charge in [-0.25, -0.2) is 0 Å². The van der Waals surface area contributed by atoms with E-state index in [4.69, 9.17) is 10.5 Å². The molecule has 0 rings (SSSR count). The predicted molar refractivity (Wildman–Crippen MR) is 38.6 cm³/mol. The molecule has 1 amide bonds. The van der Waals surface area contributed by atoms with Crippen molar-refractivity contribution in [2.45, 2.75) is 0 Å². The molecule has 4 nitrogen and oxygen atoms in total. The molecule has 0 saturated heterocycles. The van der Waals surface area contributed by atoms with Crippen LogP contribution in [0.1, 0.15) is 0 Å². The zero-order valence-electron chi connectivity index (χ0n) is 6.46. The molecule has 0 fully saturated rings. The molecule has 0 unspecified atom stereocenters. The minimum absolute atomic E-state index is 0.0217. The molecule has 60 valence electrons. The Morgan fingerprint density at radius 1 is 1.60 bits per heavy atom. The zero-order valence-corrected chi connectivity index (χ0v) is 6.46. The number of likely N-dealkylation sites (N-methyl/N-ethyl adjacent to an activating group) is 1. The molecule has 0 heterocycles. The maximum absolute atomic E-state index is 10.1. The van der Waals surface area contributed by atoms with Crippen LogP contribution in [0.4, 0.5) is 0 Å². The number of hydrogen-bond acceptors (Lipinski definition) is 3. The Hall–Kier alpha value is -0.610. The van der Waals surface area contributed by atoms with E-state index in [-0.39, 0.29) is 6.61 Å². The van der Waals surface area contributed by atoms with Gasteiger partial charge < -0.3 is 15.4 Å².